The summed E-state index contributed by atoms with van der Waals surface area (Å²) in [7, 11) is 0. The fourth-order valence-corrected chi connectivity index (χ4v) is 2.82. The van der Waals surface area contributed by atoms with E-state index < -0.39 is 12.0 Å². The summed E-state index contributed by atoms with van der Waals surface area (Å²) >= 11 is 0. The van der Waals surface area contributed by atoms with Gasteiger partial charge in [-0.15, -0.1) is 0 Å². The number of carbonyl (C=O) groups is 1. The zero-order chi connectivity index (χ0) is 14.1. The predicted molar refractivity (Wildman–Crippen MR) is 74.3 cm³/mol. The van der Waals surface area contributed by atoms with Crippen LogP contribution in [0.2, 0.25) is 0 Å². The van der Waals surface area contributed by atoms with Gasteiger partial charge in [-0.05, 0) is 31.4 Å². The van der Waals surface area contributed by atoms with Crippen LogP contribution in [0.4, 0.5) is 10.2 Å². The first-order valence-corrected chi connectivity index (χ1v) is 6.71. The van der Waals surface area contributed by atoms with Gasteiger partial charge in [0.2, 0.25) is 0 Å². The summed E-state index contributed by atoms with van der Waals surface area (Å²) in [4.78, 5) is 17.5. The van der Waals surface area contributed by atoms with E-state index >= 15 is 0 Å². The van der Waals surface area contributed by atoms with Crippen LogP contribution >= 0.6 is 0 Å². The van der Waals surface area contributed by atoms with Crippen molar-refractivity contribution >= 4 is 22.6 Å². The van der Waals surface area contributed by atoms with Crippen LogP contribution in [0, 0.1) is 5.82 Å². The van der Waals surface area contributed by atoms with E-state index in [0.717, 1.165) is 12.8 Å². The van der Waals surface area contributed by atoms with Gasteiger partial charge in [0, 0.05) is 23.5 Å². The Kier molecular flexibility index (Phi) is 3.26. The van der Waals surface area contributed by atoms with Gasteiger partial charge >= 0.3 is 5.97 Å². The van der Waals surface area contributed by atoms with Crippen LogP contribution in [0.5, 0.6) is 0 Å². The van der Waals surface area contributed by atoms with Gasteiger partial charge in [-0.1, -0.05) is 12.1 Å². The summed E-state index contributed by atoms with van der Waals surface area (Å²) in [6.45, 7) is 0.638. The van der Waals surface area contributed by atoms with Crippen molar-refractivity contribution in [3.05, 3.63) is 36.3 Å². The van der Waals surface area contributed by atoms with Crippen LogP contribution < -0.4 is 4.90 Å². The average molecular weight is 274 g/mol. The maximum Gasteiger partial charge on any atom is 0.326 e. The molecule has 2 aromatic rings. The lowest BCUT2D eigenvalue weighted by molar-refractivity contribution is -0.139. The maximum atomic E-state index is 13.8. The maximum absolute atomic E-state index is 13.8. The van der Waals surface area contributed by atoms with E-state index in [9.17, 15) is 14.3 Å². The number of benzene rings is 1. The van der Waals surface area contributed by atoms with E-state index in [1.807, 2.05) is 0 Å². The predicted octanol–water partition coefficient (Wildman–Crippen LogP) is 2.82. The molecule has 1 fully saturated rings. The zero-order valence-corrected chi connectivity index (χ0v) is 10.9. The zero-order valence-electron chi connectivity index (χ0n) is 10.9. The second kappa shape index (κ2) is 5.07. The third-order valence-electron chi connectivity index (χ3n) is 3.79. The Morgan fingerprint density at radius 2 is 2.15 bits per heavy atom. The van der Waals surface area contributed by atoms with Crippen molar-refractivity contribution in [2.45, 2.75) is 25.3 Å². The summed E-state index contributed by atoms with van der Waals surface area (Å²) in [5, 5.41) is 10.5. The summed E-state index contributed by atoms with van der Waals surface area (Å²) in [5.41, 5.74) is 0. The van der Waals surface area contributed by atoms with Crippen molar-refractivity contribution in [1.82, 2.24) is 4.98 Å². The topological polar surface area (TPSA) is 53.4 Å². The summed E-state index contributed by atoms with van der Waals surface area (Å²) in [5.74, 6) is -0.593. The van der Waals surface area contributed by atoms with Gasteiger partial charge in [0.15, 0.2) is 0 Å². The smallest absolute Gasteiger partial charge is 0.326 e. The van der Waals surface area contributed by atoms with Crippen molar-refractivity contribution < 1.29 is 14.3 Å². The Balaban J connectivity index is 2.13. The number of nitrogens with zero attached hydrogens (tertiary/aromatic N) is 2. The first-order chi connectivity index (χ1) is 9.68. The standard InChI is InChI=1S/C15H15FN2O2/c16-12-5-3-4-11-10(12)7-8-17-14(11)18-9-2-1-6-13(18)15(19)20/h3-5,7-8,13H,1-2,6,9H2,(H,19,20). The minimum absolute atomic E-state index is 0.310. The van der Waals surface area contributed by atoms with E-state index in [2.05, 4.69) is 4.98 Å². The fourth-order valence-electron chi connectivity index (χ4n) is 2.82. The molecule has 1 N–H and O–H groups in total. The molecule has 1 unspecified atom stereocenters. The Bertz CT molecular complexity index is 659. The molecular weight excluding hydrogens is 259 g/mol. The number of pyridine rings is 1. The van der Waals surface area contributed by atoms with Gasteiger partial charge in [-0.3, -0.25) is 0 Å². The number of aromatic nitrogens is 1. The number of hydrogen-bond acceptors (Lipinski definition) is 3. The van der Waals surface area contributed by atoms with Crippen LogP contribution in [0.15, 0.2) is 30.5 Å². The number of carboxylic acid groups (broad SMARTS) is 1. The fraction of sp³-hybridized carbons (Fsp3) is 0.333. The molecule has 1 aromatic carbocycles. The highest BCUT2D eigenvalue weighted by atomic mass is 19.1. The van der Waals surface area contributed by atoms with Gasteiger partial charge < -0.3 is 10.0 Å². The lowest BCUT2D eigenvalue weighted by atomic mass is 10.0. The van der Waals surface area contributed by atoms with Gasteiger partial charge in [0.1, 0.15) is 17.7 Å². The molecule has 0 bridgehead atoms. The highest BCUT2D eigenvalue weighted by Crippen LogP contribution is 2.30. The van der Waals surface area contributed by atoms with E-state index in [4.69, 9.17) is 0 Å². The van der Waals surface area contributed by atoms with Gasteiger partial charge in [0.05, 0.1) is 0 Å². The molecule has 3 rings (SSSR count). The van der Waals surface area contributed by atoms with Crippen molar-refractivity contribution in [3.8, 4) is 0 Å². The van der Waals surface area contributed by atoms with Crippen molar-refractivity contribution in [2.75, 3.05) is 11.4 Å². The lowest BCUT2D eigenvalue weighted by Crippen LogP contribution is -2.45. The number of carboxylic acids is 1. The molecule has 2 heterocycles. The largest absolute Gasteiger partial charge is 0.480 e. The Labute approximate surface area is 115 Å². The molecule has 0 spiro atoms. The first-order valence-electron chi connectivity index (χ1n) is 6.71. The second-order valence-corrected chi connectivity index (χ2v) is 5.01. The molecule has 20 heavy (non-hydrogen) atoms. The molecule has 1 aliphatic rings. The lowest BCUT2D eigenvalue weighted by Gasteiger charge is -2.34. The molecule has 0 saturated carbocycles. The van der Waals surface area contributed by atoms with Crippen LogP contribution in [-0.4, -0.2) is 28.6 Å². The number of aliphatic carboxylic acids is 1. The Morgan fingerprint density at radius 1 is 1.30 bits per heavy atom. The minimum atomic E-state index is -0.847. The third-order valence-corrected chi connectivity index (χ3v) is 3.79. The number of rotatable bonds is 2. The molecular formula is C15H15FN2O2. The molecule has 4 nitrogen and oxygen atoms in total. The Morgan fingerprint density at radius 3 is 2.95 bits per heavy atom. The minimum Gasteiger partial charge on any atom is -0.480 e. The number of fused-ring (bicyclic) bond motifs is 1. The number of hydrogen-bond donors (Lipinski definition) is 1. The molecule has 0 aliphatic carbocycles. The summed E-state index contributed by atoms with van der Waals surface area (Å²) < 4.78 is 13.8. The third kappa shape index (κ3) is 2.09. The second-order valence-electron chi connectivity index (χ2n) is 5.01. The molecule has 1 atom stereocenters. The average Bonchev–Trinajstić information content (AvgIpc) is 2.47. The quantitative estimate of drug-likeness (QED) is 0.915. The van der Waals surface area contributed by atoms with Crippen LogP contribution in [0.3, 0.4) is 0 Å². The van der Waals surface area contributed by atoms with Crippen molar-refractivity contribution in [2.24, 2.45) is 0 Å². The first kappa shape index (κ1) is 12.8. The van der Waals surface area contributed by atoms with Gasteiger partial charge in [-0.2, -0.15) is 0 Å². The van der Waals surface area contributed by atoms with Crippen molar-refractivity contribution in [1.29, 1.82) is 0 Å². The van der Waals surface area contributed by atoms with Crippen LogP contribution in [0.25, 0.3) is 10.8 Å². The number of halogens is 1. The number of piperidine rings is 1. The molecule has 0 amide bonds. The molecule has 1 aromatic heterocycles. The van der Waals surface area contributed by atoms with E-state index in [0.29, 0.717) is 29.6 Å². The van der Waals surface area contributed by atoms with Crippen LogP contribution in [0.1, 0.15) is 19.3 Å². The molecule has 0 radical (unpaired) electrons. The van der Waals surface area contributed by atoms with E-state index in [-0.39, 0.29) is 5.82 Å². The molecule has 104 valence electrons. The molecule has 1 aliphatic heterocycles. The monoisotopic (exact) mass is 274 g/mol. The van der Waals surface area contributed by atoms with Crippen molar-refractivity contribution in [3.63, 3.8) is 0 Å². The van der Waals surface area contributed by atoms with Gasteiger partial charge in [-0.25, -0.2) is 14.2 Å². The summed E-state index contributed by atoms with van der Waals surface area (Å²) in [6, 6.07) is 5.85. The molecule has 1 saturated heterocycles. The van der Waals surface area contributed by atoms with Crippen LogP contribution in [-0.2, 0) is 4.79 Å². The number of anilines is 1. The van der Waals surface area contributed by atoms with E-state index in [1.54, 1.807) is 23.1 Å². The Hall–Kier alpha value is -2.17. The molecule has 5 heteroatoms. The van der Waals surface area contributed by atoms with Gasteiger partial charge in [0.25, 0.3) is 0 Å². The SMILES string of the molecule is O=C(O)C1CCCCN1c1nccc2c(F)cccc12. The highest BCUT2D eigenvalue weighted by Gasteiger charge is 2.30. The highest BCUT2D eigenvalue weighted by molar-refractivity contribution is 5.94. The summed E-state index contributed by atoms with van der Waals surface area (Å²) in [6.07, 6.45) is 3.96. The van der Waals surface area contributed by atoms with E-state index in [1.165, 1.54) is 12.3 Å². The normalized spacial score (nSPS) is 19.2.